The fraction of sp³-hybridized carbons (Fsp3) is 0.600. The van der Waals surface area contributed by atoms with Gasteiger partial charge in [0, 0.05) is 25.0 Å². The lowest BCUT2D eigenvalue weighted by atomic mass is 9.82. The van der Waals surface area contributed by atoms with Crippen molar-refractivity contribution in [2.75, 3.05) is 6.54 Å². The van der Waals surface area contributed by atoms with Crippen molar-refractivity contribution in [3.8, 4) is 0 Å². The van der Waals surface area contributed by atoms with Gasteiger partial charge in [-0.25, -0.2) is 0 Å². The number of rotatable bonds is 8. The van der Waals surface area contributed by atoms with E-state index in [9.17, 15) is 9.90 Å². The summed E-state index contributed by atoms with van der Waals surface area (Å²) in [6.07, 6.45) is 4.06. The summed E-state index contributed by atoms with van der Waals surface area (Å²) < 4.78 is 0. The normalized spacial score (nSPS) is 11.5. The van der Waals surface area contributed by atoms with Gasteiger partial charge in [0.15, 0.2) is 0 Å². The summed E-state index contributed by atoms with van der Waals surface area (Å²) in [6, 6.07) is 4.06. The number of aromatic nitrogens is 1. The molecule has 0 bridgehead atoms. The average molecular weight is 264 g/mol. The van der Waals surface area contributed by atoms with Crippen LogP contribution < -0.4 is 5.32 Å². The molecule has 1 rings (SSSR count). The maximum atomic E-state index is 11.4. The van der Waals surface area contributed by atoms with E-state index in [-0.39, 0.29) is 0 Å². The summed E-state index contributed by atoms with van der Waals surface area (Å²) in [5.41, 5.74) is 1.51. The Kier molecular flexibility index (Phi) is 5.96. The van der Waals surface area contributed by atoms with Gasteiger partial charge in [-0.15, -0.1) is 0 Å². The van der Waals surface area contributed by atoms with Gasteiger partial charge in [-0.05, 0) is 30.9 Å². The molecule has 0 unspecified atom stereocenters. The molecule has 4 nitrogen and oxygen atoms in total. The van der Waals surface area contributed by atoms with E-state index in [4.69, 9.17) is 0 Å². The molecule has 106 valence electrons. The number of aliphatic carboxylic acids is 1. The lowest BCUT2D eigenvalue weighted by Gasteiger charge is -2.27. The summed E-state index contributed by atoms with van der Waals surface area (Å²) in [5.74, 6) is -0.718. The first-order chi connectivity index (χ1) is 9.07. The number of hydrogen-bond acceptors (Lipinski definition) is 3. The van der Waals surface area contributed by atoms with Crippen LogP contribution >= 0.6 is 0 Å². The van der Waals surface area contributed by atoms with Crippen molar-refractivity contribution in [2.24, 2.45) is 5.41 Å². The van der Waals surface area contributed by atoms with Crippen LogP contribution in [0.3, 0.4) is 0 Å². The Labute approximate surface area is 115 Å². The summed E-state index contributed by atoms with van der Waals surface area (Å²) in [7, 11) is 0. The highest BCUT2D eigenvalue weighted by atomic mass is 16.4. The summed E-state index contributed by atoms with van der Waals surface area (Å²) in [5, 5.41) is 12.6. The molecule has 4 heteroatoms. The van der Waals surface area contributed by atoms with Crippen LogP contribution in [-0.4, -0.2) is 22.6 Å². The SMILES string of the molecule is CCc1ccc(CNCC(CC)(CC)C(=O)O)cn1. The Morgan fingerprint density at radius 3 is 2.42 bits per heavy atom. The lowest BCUT2D eigenvalue weighted by Crippen LogP contribution is -2.40. The topological polar surface area (TPSA) is 62.2 Å². The van der Waals surface area contributed by atoms with Gasteiger partial charge in [-0.2, -0.15) is 0 Å². The largest absolute Gasteiger partial charge is 0.481 e. The van der Waals surface area contributed by atoms with Crippen molar-refractivity contribution >= 4 is 5.97 Å². The second-order valence-electron chi connectivity index (χ2n) is 4.91. The summed E-state index contributed by atoms with van der Waals surface area (Å²) in [6.45, 7) is 7.08. The molecule has 1 heterocycles. The predicted octanol–water partition coefficient (Wildman–Crippen LogP) is 2.62. The third-order valence-electron chi connectivity index (χ3n) is 3.85. The molecule has 0 atom stereocenters. The number of hydrogen-bond donors (Lipinski definition) is 2. The van der Waals surface area contributed by atoms with Gasteiger partial charge in [-0.3, -0.25) is 9.78 Å². The van der Waals surface area contributed by atoms with Crippen molar-refractivity contribution in [1.82, 2.24) is 10.3 Å². The van der Waals surface area contributed by atoms with Crippen LogP contribution in [0.25, 0.3) is 0 Å². The standard InChI is InChI=1S/C15H24N2O2/c1-4-13-8-7-12(10-17-13)9-16-11-15(5-2,6-3)14(18)19/h7-8,10,16H,4-6,9,11H2,1-3H3,(H,18,19). The minimum absolute atomic E-state index is 0.491. The van der Waals surface area contributed by atoms with Gasteiger partial charge < -0.3 is 10.4 Å². The molecule has 0 fully saturated rings. The molecule has 0 aliphatic heterocycles. The lowest BCUT2D eigenvalue weighted by molar-refractivity contribution is -0.149. The maximum absolute atomic E-state index is 11.4. The third-order valence-corrected chi connectivity index (χ3v) is 3.85. The molecule has 0 aliphatic carbocycles. The van der Waals surface area contributed by atoms with Crippen LogP contribution in [0.15, 0.2) is 18.3 Å². The predicted molar refractivity (Wildman–Crippen MR) is 76.0 cm³/mol. The molecule has 0 amide bonds. The highest BCUT2D eigenvalue weighted by Crippen LogP contribution is 2.25. The van der Waals surface area contributed by atoms with Crippen LogP contribution in [0.4, 0.5) is 0 Å². The van der Waals surface area contributed by atoms with E-state index in [0.717, 1.165) is 17.7 Å². The van der Waals surface area contributed by atoms with Crippen molar-refractivity contribution in [2.45, 2.75) is 46.6 Å². The monoisotopic (exact) mass is 264 g/mol. The summed E-state index contributed by atoms with van der Waals surface area (Å²) >= 11 is 0. The van der Waals surface area contributed by atoms with Crippen molar-refractivity contribution < 1.29 is 9.90 Å². The van der Waals surface area contributed by atoms with Gasteiger partial charge in [0.2, 0.25) is 0 Å². The molecule has 19 heavy (non-hydrogen) atoms. The molecule has 0 saturated carbocycles. The van der Waals surface area contributed by atoms with E-state index in [0.29, 0.717) is 25.9 Å². The fourth-order valence-electron chi connectivity index (χ4n) is 2.09. The quantitative estimate of drug-likeness (QED) is 0.757. The highest BCUT2D eigenvalue weighted by molar-refractivity contribution is 5.74. The van der Waals surface area contributed by atoms with Crippen molar-refractivity contribution in [3.63, 3.8) is 0 Å². The molecular formula is C15H24N2O2. The van der Waals surface area contributed by atoms with Crippen molar-refractivity contribution in [1.29, 1.82) is 0 Å². The number of pyridine rings is 1. The van der Waals surface area contributed by atoms with Crippen molar-refractivity contribution in [3.05, 3.63) is 29.6 Å². The zero-order valence-corrected chi connectivity index (χ0v) is 12.1. The van der Waals surface area contributed by atoms with Crippen LogP contribution in [-0.2, 0) is 17.8 Å². The Bertz CT molecular complexity index is 397. The molecule has 1 aromatic heterocycles. The second-order valence-corrected chi connectivity index (χ2v) is 4.91. The minimum atomic E-state index is -0.718. The zero-order valence-electron chi connectivity index (χ0n) is 12.1. The van der Waals surface area contributed by atoms with E-state index < -0.39 is 11.4 Å². The molecule has 0 aromatic carbocycles. The molecule has 0 aliphatic rings. The zero-order chi connectivity index (χ0) is 14.3. The van der Waals surface area contributed by atoms with Gasteiger partial charge in [0.05, 0.1) is 5.41 Å². The number of aryl methyl sites for hydroxylation is 1. The molecule has 0 saturated heterocycles. The van der Waals surface area contributed by atoms with Gasteiger partial charge in [-0.1, -0.05) is 26.8 Å². The molecule has 1 aromatic rings. The molecule has 0 spiro atoms. The third kappa shape index (κ3) is 4.03. The first-order valence-corrected chi connectivity index (χ1v) is 6.96. The van der Waals surface area contributed by atoms with Crippen LogP contribution in [0.5, 0.6) is 0 Å². The first-order valence-electron chi connectivity index (χ1n) is 6.96. The number of carboxylic acid groups (broad SMARTS) is 1. The maximum Gasteiger partial charge on any atom is 0.310 e. The van der Waals surface area contributed by atoms with Gasteiger partial charge >= 0.3 is 5.97 Å². The second kappa shape index (κ2) is 7.24. The Morgan fingerprint density at radius 1 is 1.32 bits per heavy atom. The summed E-state index contributed by atoms with van der Waals surface area (Å²) in [4.78, 5) is 15.7. The van der Waals surface area contributed by atoms with E-state index in [1.807, 2.05) is 32.2 Å². The van der Waals surface area contributed by atoms with Gasteiger partial charge in [0.1, 0.15) is 0 Å². The van der Waals surface area contributed by atoms with E-state index >= 15 is 0 Å². The Morgan fingerprint density at radius 2 is 2.00 bits per heavy atom. The van der Waals surface area contributed by atoms with Crippen LogP contribution in [0, 0.1) is 5.41 Å². The Hall–Kier alpha value is -1.42. The highest BCUT2D eigenvalue weighted by Gasteiger charge is 2.34. The van der Waals surface area contributed by atoms with Gasteiger partial charge in [0.25, 0.3) is 0 Å². The van der Waals surface area contributed by atoms with Crippen LogP contribution in [0.2, 0.25) is 0 Å². The molecule has 0 radical (unpaired) electrons. The molecular weight excluding hydrogens is 240 g/mol. The number of nitrogens with one attached hydrogen (secondary N) is 1. The number of nitrogens with zero attached hydrogens (tertiary/aromatic N) is 1. The van der Waals surface area contributed by atoms with E-state index in [1.165, 1.54) is 0 Å². The number of carbonyl (C=O) groups is 1. The fourth-order valence-corrected chi connectivity index (χ4v) is 2.09. The smallest absolute Gasteiger partial charge is 0.310 e. The minimum Gasteiger partial charge on any atom is -0.481 e. The molecule has 2 N–H and O–H groups in total. The first kappa shape index (κ1) is 15.6. The average Bonchev–Trinajstić information content (AvgIpc) is 2.44. The van der Waals surface area contributed by atoms with E-state index in [1.54, 1.807) is 0 Å². The van der Waals surface area contributed by atoms with Crippen LogP contribution in [0.1, 0.15) is 44.9 Å². The Balaban J connectivity index is 2.54. The van der Waals surface area contributed by atoms with E-state index in [2.05, 4.69) is 17.2 Å². The number of carboxylic acids is 1.